The van der Waals surface area contributed by atoms with Crippen molar-refractivity contribution in [1.29, 1.82) is 0 Å². The van der Waals surface area contributed by atoms with Crippen molar-refractivity contribution in [1.82, 2.24) is 0 Å². The standard InChI is InChI=1S/C5H8ClO4P/c1-2-3-5(6)10-4-11(7,8)9/h5H,4H2,1H3,(H2,7,8,9). The molecule has 0 aromatic heterocycles. The van der Waals surface area contributed by atoms with Gasteiger partial charge in [-0.05, 0) is 6.92 Å². The number of ether oxygens (including phenoxy) is 1. The minimum absolute atomic E-state index is 0.699. The van der Waals surface area contributed by atoms with E-state index in [0.717, 1.165) is 0 Å². The Morgan fingerprint density at radius 1 is 1.73 bits per heavy atom. The second kappa shape index (κ2) is 4.76. The summed E-state index contributed by atoms with van der Waals surface area (Å²) in [4.78, 5) is 16.6. The maximum atomic E-state index is 10.2. The third-order valence-electron chi connectivity index (χ3n) is 0.647. The summed E-state index contributed by atoms with van der Waals surface area (Å²) >= 11 is 5.35. The Morgan fingerprint density at radius 3 is 2.64 bits per heavy atom. The van der Waals surface area contributed by atoms with Crippen molar-refractivity contribution in [2.24, 2.45) is 0 Å². The summed E-state index contributed by atoms with van der Waals surface area (Å²) < 4.78 is 14.7. The molecule has 0 aromatic carbocycles. The minimum Gasteiger partial charge on any atom is -0.339 e. The molecule has 6 heteroatoms. The zero-order valence-corrected chi connectivity index (χ0v) is 7.47. The second-order valence-corrected chi connectivity index (χ2v) is 3.65. The van der Waals surface area contributed by atoms with Crippen LogP contribution in [0, 0.1) is 11.8 Å². The molecular formula is C5H8ClO4P. The summed E-state index contributed by atoms with van der Waals surface area (Å²) in [5.74, 6) is 4.81. The van der Waals surface area contributed by atoms with E-state index in [1.807, 2.05) is 0 Å². The van der Waals surface area contributed by atoms with Gasteiger partial charge in [0.2, 0.25) is 0 Å². The van der Waals surface area contributed by atoms with E-state index in [4.69, 9.17) is 21.4 Å². The second-order valence-electron chi connectivity index (χ2n) is 1.67. The first-order valence-electron chi connectivity index (χ1n) is 2.68. The van der Waals surface area contributed by atoms with Crippen LogP contribution in [0.2, 0.25) is 0 Å². The number of hydrogen-bond acceptors (Lipinski definition) is 2. The Bertz CT molecular complexity index is 212. The van der Waals surface area contributed by atoms with Crippen LogP contribution in [-0.2, 0) is 9.30 Å². The molecule has 0 aliphatic carbocycles. The molecule has 0 spiro atoms. The highest BCUT2D eigenvalue weighted by molar-refractivity contribution is 7.51. The molecule has 0 heterocycles. The Morgan fingerprint density at radius 2 is 2.27 bits per heavy atom. The third kappa shape index (κ3) is 7.86. The quantitative estimate of drug-likeness (QED) is 0.399. The lowest BCUT2D eigenvalue weighted by atomic mass is 10.6. The molecule has 64 valence electrons. The lowest BCUT2D eigenvalue weighted by Gasteiger charge is -2.05. The van der Waals surface area contributed by atoms with Crippen LogP contribution in [0.1, 0.15) is 6.92 Å². The van der Waals surface area contributed by atoms with Gasteiger partial charge < -0.3 is 14.5 Å². The predicted molar refractivity (Wildman–Crippen MR) is 41.1 cm³/mol. The van der Waals surface area contributed by atoms with Crippen LogP contribution in [0.25, 0.3) is 0 Å². The first kappa shape index (κ1) is 11.0. The highest BCUT2D eigenvalue weighted by atomic mass is 35.5. The van der Waals surface area contributed by atoms with E-state index in [0.29, 0.717) is 0 Å². The van der Waals surface area contributed by atoms with Crippen molar-refractivity contribution in [2.45, 2.75) is 12.5 Å². The summed E-state index contributed by atoms with van der Waals surface area (Å²) in [5, 5.41) is 0. The van der Waals surface area contributed by atoms with Crippen LogP contribution in [0.3, 0.4) is 0 Å². The molecule has 1 atom stereocenters. The highest BCUT2D eigenvalue weighted by Crippen LogP contribution is 2.34. The van der Waals surface area contributed by atoms with Crippen LogP contribution in [0.5, 0.6) is 0 Å². The molecule has 0 aliphatic heterocycles. The average molecular weight is 199 g/mol. The average Bonchev–Trinajstić information content (AvgIpc) is 1.83. The summed E-state index contributed by atoms with van der Waals surface area (Å²) in [7, 11) is -4.12. The number of alkyl halides is 1. The fourth-order valence-corrected chi connectivity index (χ4v) is 0.921. The zero-order valence-electron chi connectivity index (χ0n) is 5.82. The largest absolute Gasteiger partial charge is 0.351 e. The smallest absolute Gasteiger partial charge is 0.339 e. The summed E-state index contributed by atoms with van der Waals surface area (Å²) in [6.45, 7) is 1.55. The van der Waals surface area contributed by atoms with Crippen LogP contribution in [0.15, 0.2) is 0 Å². The van der Waals surface area contributed by atoms with E-state index in [-0.39, 0.29) is 0 Å². The molecule has 2 N–H and O–H groups in total. The molecule has 0 amide bonds. The lowest BCUT2D eigenvalue weighted by Crippen LogP contribution is -2.03. The maximum absolute atomic E-state index is 10.2. The predicted octanol–water partition coefficient (Wildman–Crippen LogP) is 0.726. The van der Waals surface area contributed by atoms with Gasteiger partial charge in [0.15, 0.2) is 11.9 Å². The molecule has 0 radical (unpaired) electrons. The summed E-state index contributed by atoms with van der Waals surface area (Å²) in [5.41, 5.74) is -0.951. The molecule has 0 rings (SSSR count). The SMILES string of the molecule is CC#CC(Cl)OCP(=O)(O)O. The topological polar surface area (TPSA) is 66.8 Å². The molecule has 0 aliphatic rings. The fourth-order valence-electron chi connectivity index (χ4n) is 0.318. The molecule has 1 unspecified atom stereocenters. The van der Waals surface area contributed by atoms with Gasteiger partial charge in [0.1, 0.15) is 0 Å². The minimum atomic E-state index is -4.12. The molecule has 4 nitrogen and oxygen atoms in total. The van der Waals surface area contributed by atoms with E-state index >= 15 is 0 Å². The van der Waals surface area contributed by atoms with Gasteiger partial charge >= 0.3 is 7.60 Å². The first-order chi connectivity index (χ1) is 4.95. The van der Waals surface area contributed by atoms with Gasteiger partial charge in [0.05, 0.1) is 0 Å². The van der Waals surface area contributed by atoms with E-state index < -0.39 is 19.5 Å². The highest BCUT2D eigenvalue weighted by Gasteiger charge is 2.14. The molecule has 0 saturated heterocycles. The molecule has 0 saturated carbocycles. The molecule has 0 aromatic rings. The molecule has 11 heavy (non-hydrogen) atoms. The van der Waals surface area contributed by atoms with Gasteiger partial charge in [-0.3, -0.25) is 4.57 Å². The van der Waals surface area contributed by atoms with Gasteiger partial charge in [-0.25, -0.2) is 0 Å². The molecule has 0 bridgehead atoms. The fraction of sp³-hybridized carbons (Fsp3) is 0.600. The number of hydrogen-bond donors (Lipinski definition) is 2. The van der Waals surface area contributed by atoms with Crippen LogP contribution < -0.4 is 0 Å². The summed E-state index contributed by atoms with van der Waals surface area (Å²) in [6.07, 6.45) is -0.699. The summed E-state index contributed by atoms with van der Waals surface area (Å²) in [6, 6.07) is 0. The Balaban J connectivity index is 3.69. The van der Waals surface area contributed by atoms with Crippen molar-refractivity contribution in [3.8, 4) is 11.8 Å². The van der Waals surface area contributed by atoms with E-state index in [1.54, 1.807) is 6.92 Å². The third-order valence-corrected chi connectivity index (χ3v) is 1.37. The van der Waals surface area contributed by atoms with Crippen molar-refractivity contribution in [2.75, 3.05) is 6.35 Å². The van der Waals surface area contributed by atoms with E-state index in [1.165, 1.54) is 0 Å². The van der Waals surface area contributed by atoms with Gasteiger partial charge in [-0.1, -0.05) is 17.5 Å². The molecular weight excluding hydrogens is 190 g/mol. The van der Waals surface area contributed by atoms with Crippen molar-refractivity contribution < 1.29 is 19.1 Å². The zero-order chi connectivity index (χ0) is 8.91. The Kier molecular flexibility index (Phi) is 4.74. The van der Waals surface area contributed by atoms with E-state index in [9.17, 15) is 4.57 Å². The normalized spacial score (nSPS) is 13.5. The van der Waals surface area contributed by atoms with Crippen molar-refractivity contribution in [3.05, 3.63) is 0 Å². The lowest BCUT2D eigenvalue weighted by molar-refractivity contribution is 0.164. The maximum Gasteiger partial charge on any atom is 0.351 e. The van der Waals surface area contributed by atoms with Gasteiger partial charge in [-0.15, -0.1) is 5.92 Å². The Hall–Kier alpha value is -0.0400. The first-order valence-corrected chi connectivity index (χ1v) is 4.91. The monoisotopic (exact) mass is 198 g/mol. The van der Waals surface area contributed by atoms with Crippen molar-refractivity contribution in [3.63, 3.8) is 0 Å². The number of halogens is 1. The van der Waals surface area contributed by atoms with Crippen molar-refractivity contribution >= 4 is 19.2 Å². The van der Waals surface area contributed by atoms with Gasteiger partial charge in [0.25, 0.3) is 0 Å². The van der Waals surface area contributed by atoms with E-state index in [2.05, 4.69) is 16.6 Å². The van der Waals surface area contributed by atoms with Crippen LogP contribution >= 0.6 is 19.2 Å². The number of rotatable bonds is 3. The van der Waals surface area contributed by atoms with Crippen LogP contribution in [-0.4, -0.2) is 21.7 Å². The van der Waals surface area contributed by atoms with Crippen LogP contribution in [0.4, 0.5) is 0 Å². The van der Waals surface area contributed by atoms with Gasteiger partial charge in [-0.2, -0.15) is 0 Å². The molecule has 0 fully saturated rings. The Labute approximate surface area is 69.7 Å². The van der Waals surface area contributed by atoms with Gasteiger partial charge in [0, 0.05) is 0 Å².